The number of carbonyl (C=O) groups is 2. The monoisotopic (exact) mass is 395 g/mol. The number of anilines is 1. The number of methoxy groups -OCH3 is 1. The summed E-state index contributed by atoms with van der Waals surface area (Å²) in [6, 6.07) is 17.3. The minimum atomic E-state index is -0.283. The average Bonchev–Trinajstić information content (AvgIpc) is 2.74. The van der Waals surface area contributed by atoms with Crippen LogP contribution in [0.2, 0.25) is 0 Å². The second-order valence-corrected chi connectivity index (χ2v) is 7.77. The predicted molar refractivity (Wildman–Crippen MR) is 114 cm³/mol. The van der Waals surface area contributed by atoms with Gasteiger partial charge in [-0.1, -0.05) is 30.3 Å². The molecule has 2 aromatic rings. The fraction of sp³-hybridized carbons (Fsp3) is 0.391. The van der Waals surface area contributed by atoms with Gasteiger partial charge in [-0.3, -0.25) is 4.79 Å². The minimum Gasteiger partial charge on any atom is -0.497 e. The lowest BCUT2D eigenvalue weighted by Gasteiger charge is -2.37. The van der Waals surface area contributed by atoms with Gasteiger partial charge >= 0.3 is 6.03 Å². The molecule has 2 aromatic carbocycles. The van der Waals surface area contributed by atoms with E-state index in [0.717, 1.165) is 17.0 Å². The number of rotatable bonds is 5. The Labute approximate surface area is 172 Å². The van der Waals surface area contributed by atoms with Crippen molar-refractivity contribution >= 4 is 17.6 Å². The molecule has 29 heavy (non-hydrogen) atoms. The van der Waals surface area contributed by atoms with E-state index in [1.165, 1.54) is 0 Å². The molecule has 2 atom stereocenters. The van der Waals surface area contributed by atoms with Crippen LogP contribution in [0.15, 0.2) is 54.6 Å². The summed E-state index contributed by atoms with van der Waals surface area (Å²) in [5, 5.41) is 5.93. The van der Waals surface area contributed by atoms with E-state index < -0.39 is 0 Å². The number of amides is 3. The normalized spacial score (nSPS) is 19.0. The second kappa shape index (κ2) is 9.45. The van der Waals surface area contributed by atoms with Gasteiger partial charge < -0.3 is 20.3 Å². The number of benzene rings is 2. The predicted octanol–water partition coefficient (Wildman–Crippen LogP) is 3.86. The van der Waals surface area contributed by atoms with Crippen LogP contribution in [0.1, 0.15) is 31.7 Å². The zero-order chi connectivity index (χ0) is 20.8. The van der Waals surface area contributed by atoms with Crippen LogP contribution >= 0.6 is 0 Å². The fourth-order valence-electron chi connectivity index (χ4n) is 3.68. The Morgan fingerprint density at radius 2 is 1.72 bits per heavy atom. The van der Waals surface area contributed by atoms with E-state index in [9.17, 15) is 9.59 Å². The highest BCUT2D eigenvalue weighted by atomic mass is 16.5. The van der Waals surface area contributed by atoms with Crippen molar-refractivity contribution in [2.45, 2.75) is 32.2 Å². The first-order valence-corrected chi connectivity index (χ1v) is 10.0. The van der Waals surface area contributed by atoms with E-state index in [0.29, 0.717) is 19.5 Å². The summed E-state index contributed by atoms with van der Waals surface area (Å²) in [4.78, 5) is 27.4. The molecule has 0 spiro atoms. The third kappa shape index (κ3) is 5.50. The molecule has 3 rings (SSSR count). The number of urea groups is 1. The van der Waals surface area contributed by atoms with E-state index in [1.807, 2.05) is 56.3 Å². The second-order valence-electron chi connectivity index (χ2n) is 7.77. The van der Waals surface area contributed by atoms with Crippen molar-refractivity contribution in [3.8, 4) is 5.75 Å². The van der Waals surface area contributed by atoms with Crippen molar-refractivity contribution in [3.63, 3.8) is 0 Å². The maximum Gasteiger partial charge on any atom is 0.317 e. The molecule has 0 saturated carbocycles. The summed E-state index contributed by atoms with van der Waals surface area (Å²) in [6.07, 6.45) is 0.706. The Balaban J connectivity index is 1.75. The van der Waals surface area contributed by atoms with Crippen molar-refractivity contribution in [1.29, 1.82) is 0 Å². The van der Waals surface area contributed by atoms with Crippen molar-refractivity contribution < 1.29 is 14.3 Å². The van der Waals surface area contributed by atoms with Crippen molar-refractivity contribution in [2.24, 2.45) is 5.92 Å². The molecule has 1 saturated heterocycles. The van der Waals surface area contributed by atoms with Crippen LogP contribution in [-0.4, -0.2) is 43.1 Å². The first kappa shape index (κ1) is 20.7. The van der Waals surface area contributed by atoms with Crippen LogP contribution in [0.25, 0.3) is 0 Å². The van der Waals surface area contributed by atoms with Gasteiger partial charge in [0.25, 0.3) is 0 Å². The highest BCUT2D eigenvalue weighted by Crippen LogP contribution is 2.31. The smallest absolute Gasteiger partial charge is 0.317 e. The number of carbonyl (C=O) groups excluding carboxylic acids is 2. The van der Waals surface area contributed by atoms with Gasteiger partial charge in [0, 0.05) is 30.7 Å². The maximum absolute atomic E-state index is 13.0. The Bertz CT molecular complexity index is 821. The van der Waals surface area contributed by atoms with E-state index in [4.69, 9.17) is 4.74 Å². The number of likely N-dealkylation sites (tertiary alicyclic amines) is 1. The van der Waals surface area contributed by atoms with E-state index in [1.54, 1.807) is 12.0 Å². The maximum atomic E-state index is 13.0. The number of ether oxygens (including phenoxy) is 1. The van der Waals surface area contributed by atoms with Crippen molar-refractivity contribution in [2.75, 3.05) is 25.5 Å². The largest absolute Gasteiger partial charge is 0.497 e. The van der Waals surface area contributed by atoms with Gasteiger partial charge in [0.05, 0.1) is 13.0 Å². The van der Waals surface area contributed by atoms with Gasteiger partial charge in [-0.05, 0) is 50.1 Å². The average molecular weight is 396 g/mol. The molecule has 0 aliphatic carbocycles. The van der Waals surface area contributed by atoms with Crippen LogP contribution < -0.4 is 15.4 Å². The number of nitrogens with one attached hydrogen (secondary N) is 2. The lowest BCUT2D eigenvalue weighted by molar-refractivity contribution is -0.121. The molecule has 2 N–H and O–H groups in total. The third-order valence-corrected chi connectivity index (χ3v) is 5.15. The van der Waals surface area contributed by atoms with Crippen LogP contribution in [0.4, 0.5) is 10.5 Å². The molecule has 0 unspecified atom stereocenters. The number of hydrogen-bond donors (Lipinski definition) is 2. The van der Waals surface area contributed by atoms with E-state index in [2.05, 4.69) is 22.8 Å². The first-order chi connectivity index (χ1) is 14.0. The number of nitrogens with zero attached hydrogens (tertiary/aromatic N) is 1. The Hall–Kier alpha value is -3.02. The van der Waals surface area contributed by atoms with Gasteiger partial charge in [0.15, 0.2) is 0 Å². The van der Waals surface area contributed by atoms with Crippen LogP contribution in [0.3, 0.4) is 0 Å². The Kier molecular flexibility index (Phi) is 6.75. The lowest BCUT2D eigenvalue weighted by Crippen LogP contribution is -2.51. The number of hydrogen-bond acceptors (Lipinski definition) is 3. The van der Waals surface area contributed by atoms with Crippen LogP contribution in [0, 0.1) is 5.92 Å². The fourth-order valence-corrected chi connectivity index (χ4v) is 3.68. The van der Waals surface area contributed by atoms with E-state index in [-0.39, 0.29) is 29.8 Å². The molecule has 6 nitrogen and oxygen atoms in total. The molecule has 0 bridgehead atoms. The van der Waals surface area contributed by atoms with Gasteiger partial charge in [-0.2, -0.15) is 0 Å². The molecule has 1 fully saturated rings. The van der Waals surface area contributed by atoms with Gasteiger partial charge in [0.1, 0.15) is 5.75 Å². The Morgan fingerprint density at radius 1 is 1.03 bits per heavy atom. The molecule has 0 radical (unpaired) electrons. The standard InChI is InChI=1S/C23H29N3O3/c1-16(2)24-23(28)26-14-18(17-7-5-4-6-8-17)13-19(15-26)22(27)25-20-9-11-21(29-3)12-10-20/h4-12,16,18-19H,13-15H2,1-3H3,(H,24,28)(H,25,27)/t18-,19+/m0/s1. The molecular weight excluding hydrogens is 366 g/mol. The first-order valence-electron chi connectivity index (χ1n) is 10.0. The molecule has 1 aliphatic rings. The lowest BCUT2D eigenvalue weighted by atomic mass is 9.84. The third-order valence-electron chi connectivity index (χ3n) is 5.15. The molecule has 154 valence electrons. The zero-order valence-corrected chi connectivity index (χ0v) is 17.2. The Morgan fingerprint density at radius 3 is 2.34 bits per heavy atom. The minimum absolute atomic E-state index is 0.0474. The van der Waals surface area contributed by atoms with Gasteiger partial charge in [0.2, 0.25) is 5.91 Å². The molecule has 1 aliphatic heterocycles. The highest BCUT2D eigenvalue weighted by molar-refractivity contribution is 5.93. The summed E-state index contributed by atoms with van der Waals surface area (Å²) < 4.78 is 5.16. The molecule has 0 aromatic heterocycles. The highest BCUT2D eigenvalue weighted by Gasteiger charge is 2.34. The van der Waals surface area contributed by atoms with Crippen molar-refractivity contribution in [3.05, 3.63) is 60.2 Å². The summed E-state index contributed by atoms with van der Waals surface area (Å²) in [5.74, 6) is 0.503. The van der Waals surface area contributed by atoms with Gasteiger partial charge in [-0.25, -0.2) is 4.79 Å². The molecule has 1 heterocycles. The molecule has 6 heteroatoms. The quantitative estimate of drug-likeness (QED) is 0.808. The van der Waals surface area contributed by atoms with Crippen LogP contribution in [0.5, 0.6) is 5.75 Å². The topological polar surface area (TPSA) is 70.7 Å². The zero-order valence-electron chi connectivity index (χ0n) is 17.2. The number of piperidine rings is 1. The molecular formula is C23H29N3O3. The van der Waals surface area contributed by atoms with E-state index >= 15 is 0 Å². The SMILES string of the molecule is COc1ccc(NC(=O)[C@@H]2C[C@H](c3ccccc3)CN(C(=O)NC(C)C)C2)cc1. The summed E-state index contributed by atoms with van der Waals surface area (Å²) in [7, 11) is 1.61. The summed E-state index contributed by atoms with van der Waals surface area (Å²) in [5.41, 5.74) is 1.87. The summed E-state index contributed by atoms with van der Waals surface area (Å²) >= 11 is 0. The van der Waals surface area contributed by atoms with Crippen molar-refractivity contribution in [1.82, 2.24) is 10.2 Å². The van der Waals surface area contributed by atoms with Gasteiger partial charge in [-0.15, -0.1) is 0 Å². The summed E-state index contributed by atoms with van der Waals surface area (Å²) in [6.45, 7) is 4.88. The molecule has 3 amide bonds. The van der Waals surface area contributed by atoms with Crippen LogP contribution in [-0.2, 0) is 4.79 Å².